The van der Waals surface area contributed by atoms with Crippen LogP contribution >= 0.6 is 0 Å². The van der Waals surface area contributed by atoms with Crippen LogP contribution in [0.2, 0.25) is 0 Å². The fourth-order valence-electron chi connectivity index (χ4n) is 1.97. The van der Waals surface area contributed by atoms with Gasteiger partial charge in [0.1, 0.15) is 12.0 Å². The molecule has 1 aromatic rings. The molecule has 0 saturated heterocycles. The van der Waals surface area contributed by atoms with Gasteiger partial charge in [-0.3, -0.25) is 14.9 Å². The maximum Gasteiger partial charge on any atom is 0.288 e. The number of hydrogen-bond donors (Lipinski definition) is 1. The Bertz CT molecular complexity index is 514. The molecule has 1 aliphatic rings. The molecule has 19 heavy (non-hydrogen) atoms. The molecule has 1 fully saturated rings. The Hall–Kier alpha value is -2.18. The van der Waals surface area contributed by atoms with Gasteiger partial charge in [0, 0.05) is 18.7 Å². The van der Waals surface area contributed by atoms with E-state index in [1.165, 1.54) is 6.07 Å². The molecule has 0 spiro atoms. The molecule has 1 aromatic heterocycles. The first-order valence-electron chi connectivity index (χ1n) is 6.25. The lowest BCUT2D eigenvalue weighted by Crippen LogP contribution is -2.34. The van der Waals surface area contributed by atoms with Crippen LogP contribution < -0.4 is 5.73 Å². The zero-order chi connectivity index (χ0) is 14.0. The van der Waals surface area contributed by atoms with Crippen molar-refractivity contribution in [2.75, 3.05) is 12.3 Å². The molecule has 1 amide bonds. The number of carbonyl (C=O) groups is 1. The first-order valence-corrected chi connectivity index (χ1v) is 6.25. The van der Waals surface area contributed by atoms with Crippen LogP contribution in [-0.4, -0.2) is 33.3 Å². The summed E-state index contributed by atoms with van der Waals surface area (Å²) in [6.07, 6.45) is 3.86. The van der Waals surface area contributed by atoms with Crippen LogP contribution in [0.5, 0.6) is 0 Å². The third kappa shape index (κ3) is 2.81. The SMILES string of the molecule is CCCN(C(=O)c1cc([N+](=O)[O-])cnc1N)C1CC1. The molecule has 0 aromatic carbocycles. The topological polar surface area (TPSA) is 102 Å². The molecule has 2 rings (SSSR count). The molecule has 0 atom stereocenters. The number of carbonyl (C=O) groups excluding carboxylic acids is 1. The number of nitrogens with zero attached hydrogens (tertiary/aromatic N) is 3. The molecule has 7 nitrogen and oxygen atoms in total. The molecule has 0 unspecified atom stereocenters. The number of amides is 1. The summed E-state index contributed by atoms with van der Waals surface area (Å²) >= 11 is 0. The van der Waals surface area contributed by atoms with Crippen LogP contribution in [0, 0.1) is 10.1 Å². The Morgan fingerprint density at radius 1 is 1.63 bits per heavy atom. The van der Waals surface area contributed by atoms with Crippen molar-refractivity contribution in [2.45, 2.75) is 32.2 Å². The molecule has 7 heteroatoms. The van der Waals surface area contributed by atoms with Crippen molar-refractivity contribution in [2.24, 2.45) is 0 Å². The summed E-state index contributed by atoms with van der Waals surface area (Å²) in [5.74, 6) is -0.226. The summed E-state index contributed by atoms with van der Waals surface area (Å²) in [7, 11) is 0. The Morgan fingerprint density at radius 2 is 2.32 bits per heavy atom. The van der Waals surface area contributed by atoms with Gasteiger partial charge in [-0.2, -0.15) is 0 Å². The molecule has 0 aliphatic heterocycles. The van der Waals surface area contributed by atoms with Crippen LogP contribution in [0.3, 0.4) is 0 Å². The van der Waals surface area contributed by atoms with E-state index in [0.29, 0.717) is 6.54 Å². The largest absolute Gasteiger partial charge is 0.383 e. The van der Waals surface area contributed by atoms with Crippen LogP contribution in [-0.2, 0) is 0 Å². The van der Waals surface area contributed by atoms with E-state index in [1.54, 1.807) is 4.90 Å². The molecule has 0 radical (unpaired) electrons. The normalized spacial score (nSPS) is 14.2. The molecule has 102 valence electrons. The van der Waals surface area contributed by atoms with Crippen LogP contribution in [0.4, 0.5) is 11.5 Å². The van der Waals surface area contributed by atoms with Crippen molar-refractivity contribution in [3.63, 3.8) is 0 Å². The lowest BCUT2D eigenvalue weighted by molar-refractivity contribution is -0.385. The van der Waals surface area contributed by atoms with Crippen LogP contribution in [0.1, 0.15) is 36.5 Å². The van der Waals surface area contributed by atoms with E-state index in [-0.39, 0.29) is 29.0 Å². The number of nitrogen functional groups attached to an aromatic ring is 1. The summed E-state index contributed by atoms with van der Waals surface area (Å²) in [6.45, 7) is 2.61. The van der Waals surface area contributed by atoms with Crippen molar-refractivity contribution in [1.29, 1.82) is 0 Å². The highest BCUT2D eigenvalue weighted by Crippen LogP contribution is 2.29. The molecule has 2 N–H and O–H groups in total. The lowest BCUT2D eigenvalue weighted by Gasteiger charge is -2.22. The minimum atomic E-state index is -0.579. The van der Waals surface area contributed by atoms with Gasteiger partial charge < -0.3 is 10.6 Å². The third-order valence-corrected chi connectivity index (χ3v) is 3.06. The minimum absolute atomic E-state index is 0.0392. The maximum absolute atomic E-state index is 12.4. The number of nitro groups is 1. The number of rotatable bonds is 5. The van der Waals surface area contributed by atoms with Crippen molar-refractivity contribution < 1.29 is 9.72 Å². The summed E-state index contributed by atoms with van der Waals surface area (Å²) in [5, 5.41) is 10.7. The quantitative estimate of drug-likeness (QED) is 0.642. The van der Waals surface area contributed by atoms with Gasteiger partial charge >= 0.3 is 0 Å². The number of anilines is 1. The van der Waals surface area contributed by atoms with Crippen LogP contribution in [0.15, 0.2) is 12.3 Å². The number of pyridine rings is 1. The lowest BCUT2D eigenvalue weighted by atomic mass is 10.2. The van der Waals surface area contributed by atoms with Gasteiger partial charge in [-0.15, -0.1) is 0 Å². The second-order valence-electron chi connectivity index (χ2n) is 4.61. The molecular formula is C12H16N4O3. The molecule has 1 aliphatic carbocycles. The van der Waals surface area contributed by atoms with E-state index in [0.717, 1.165) is 25.5 Å². The number of hydrogen-bond acceptors (Lipinski definition) is 5. The van der Waals surface area contributed by atoms with Crippen molar-refractivity contribution in [3.8, 4) is 0 Å². The third-order valence-electron chi connectivity index (χ3n) is 3.06. The Morgan fingerprint density at radius 3 is 2.84 bits per heavy atom. The smallest absolute Gasteiger partial charge is 0.288 e. The van der Waals surface area contributed by atoms with Gasteiger partial charge in [-0.1, -0.05) is 6.92 Å². The molecule has 1 saturated carbocycles. The van der Waals surface area contributed by atoms with Gasteiger partial charge in [0.05, 0.1) is 10.5 Å². The average molecular weight is 264 g/mol. The second kappa shape index (κ2) is 5.21. The fourth-order valence-corrected chi connectivity index (χ4v) is 1.97. The van der Waals surface area contributed by atoms with Crippen LogP contribution in [0.25, 0.3) is 0 Å². The van der Waals surface area contributed by atoms with Crippen molar-refractivity contribution in [3.05, 3.63) is 27.9 Å². The van der Waals surface area contributed by atoms with E-state index in [1.807, 2.05) is 6.92 Å². The van der Waals surface area contributed by atoms with Gasteiger partial charge in [0.25, 0.3) is 11.6 Å². The first kappa shape index (κ1) is 13.3. The highest BCUT2D eigenvalue weighted by molar-refractivity contribution is 5.99. The maximum atomic E-state index is 12.4. The van der Waals surface area contributed by atoms with E-state index in [9.17, 15) is 14.9 Å². The van der Waals surface area contributed by atoms with Gasteiger partial charge in [-0.25, -0.2) is 4.98 Å². The van der Waals surface area contributed by atoms with E-state index in [4.69, 9.17) is 5.73 Å². The zero-order valence-electron chi connectivity index (χ0n) is 10.7. The molecule has 1 heterocycles. The summed E-state index contributed by atoms with van der Waals surface area (Å²) in [5.41, 5.74) is 5.57. The van der Waals surface area contributed by atoms with Gasteiger partial charge in [0.2, 0.25) is 0 Å². The molecule has 0 bridgehead atoms. The summed E-state index contributed by atoms with van der Waals surface area (Å²) in [6, 6.07) is 1.45. The van der Waals surface area contributed by atoms with Gasteiger partial charge in [-0.05, 0) is 19.3 Å². The summed E-state index contributed by atoms with van der Waals surface area (Å²) in [4.78, 5) is 28.0. The Kier molecular flexibility index (Phi) is 3.64. The number of nitrogens with two attached hydrogens (primary N) is 1. The fraction of sp³-hybridized carbons (Fsp3) is 0.500. The van der Waals surface area contributed by atoms with Crippen molar-refractivity contribution in [1.82, 2.24) is 9.88 Å². The Balaban J connectivity index is 2.30. The van der Waals surface area contributed by atoms with Crippen molar-refractivity contribution >= 4 is 17.4 Å². The monoisotopic (exact) mass is 264 g/mol. The standard InChI is InChI=1S/C12H16N4O3/c1-2-5-15(8-3-4-8)12(17)10-6-9(16(18)19)7-14-11(10)13/h6-8H,2-5H2,1H3,(H2,13,14). The van der Waals surface area contributed by atoms with Gasteiger partial charge in [0.15, 0.2) is 0 Å². The average Bonchev–Trinajstić information content (AvgIpc) is 3.19. The van der Waals surface area contributed by atoms with E-state index < -0.39 is 4.92 Å². The van der Waals surface area contributed by atoms with E-state index >= 15 is 0 Å². The highest BCUT2D eigenvalue weighted by Gasteiger charge is 2.33. The Labute approximate surface area is 110 Å². The number of aromatic nitrogens is 1. The first-order chi connectivity index (χ1) is 9.04. The second-order valence-corrected chi connectivity index (χ2v) is 4.61. The predicted octanol–water partition coefficient (Wildman–Crippen LogP) is 1.59. The van der Waals surface area contributed by atoms with E-state index in [2.05, 4.69) is 4.98 Å². The summed E-state index contributed by atoms with van der Waals surface area (Å²) < 4.78 is 0. The predicted molar refractivity (Wildman–Crippen MR) is 69.7 cm³/mol. The molecular weight excluding hydrogens is 248 g/mol. The zero-order valence-corrected chi connectivity index (χ0v) is 10.7. The minimum Gasteiger partial charge on any atom is -0.383 e. The highest BCUT2D eigenvalue weighted by atomic mass is 16.6.